The summed E-state index contributed by atoms with van der Waals surface area (Å²) in [5.41, 5.74) is 0. The molecule has 1 saturated carbocycles. The van der Waals surface area contributed by atoms with Crippen molar-refractivity contribution in [1.29, 1.82) is 0 Å². The Morgan fingerprint density at radius 1 is 1.32 bits per heavy atom. The van der Waals surface area contributed by atoms with Gasteiger partial charge in [-0.15, -0.1) is 10.2 Å². The van der Waals surface area contributed by atoms with Crippen LogP contribution < -0.4 is 5.32 Å². The van der Waals surface area contributed by atoms with Crippen molar-refractivity contribution < 1.29 is 9.90 Å². The normalized spacial score (nSPS) is 29.3. The number of aromatic nitrogens is 2. The highest BCUT2D eigenvalue weighted by Gasteiger charge is 2.42. The number of carbonyl (C=O) groups is 1. The fraction of sp³-hybridized carbons (Fsp3) is 0.583. The van der Waals surface area contributed by atoms with E-state index in [-0.39, 0.29) is 0 Å². The van der Waals surface area contributed by atoms with Crippen LogP contribution in [0.5, 0.6) is 0 Å². The van der Waals surface area contributed by atoms with Crippen LogP contribution in [-0.2, 0) is 0 Å². The van der Waals surface area contributed by atoms with E-state index in [0.717, 1.165) is 18.7 Å². The second-order valence-corrected chi connectivity index (χ2v) is 5.65. The van der Waals surface area contributed by atoms with Crippen molar-refractivity contribution in [2.75, 3.05) is 18.4 Å². The average Bonchev–Trinajstić information content (AvgIpc) is 2.90. The molecular formula is C12H15ClN4O2. The van der Waals surface area contributed by atoms with Gasteiger partial charge < -0.3 is 15.3 Å². The van der Waals surface area contributed by atoms with Gasteiger partial charge in [-0.1, -0.05) is 11.6 Å². The van der Waals surface area contributed by atoms with Gasteiger partial charge in [0.15, 0.2) is 5.15 Å². The zero-order valence-corrected chi connectivity index (χ0v) is 11.0. The van der Waals surface area contributed by atoms with Crippen LogP contribution >= 0.6 is 11.6 Å². The van der Waals surface area contributed by atoms with Gasteiger partial charge >= 0.3 is 6.09 Å². The largest absolute Gasteiger partial charge is 0.465 e. The lowest BCUT2D eigenvalue weighted by atomic mass is 10.0. The summed E-state index contributed by atoms with van der Waals surface area (Å²) >= 11 is 5.69. The van der Waals surface area contributed by atoms with E-state index in [1.165, 1.54) is 4.90 Å². The van der Waals surface area contributed by atoms with E-state index in [1.807, 2.05) is 6.07 Å². The molecule has 1 aromatic rings. The Balaban J connectivity index is 1.57. The van der Waals surface area contributed by atoms with Gasteiger partial charge in [-0.2, -0.15) is 0 Å². The topological polar surface area (TPSA) is 78.4 Å². The molecule has 0 bridgehead atoms. The third kappa shape index (κ3) is 2.58. The van der Waals surface area contributed by atoms with Gasteiger partial charge in [0, 0.05) is 19.1 Å². The zero-order valence-electron chi connectivity index (χ0n) is 10.3. The molecule has 1 aliphatic heterocycles. The number of fused-ring (bicyclic) bond motifs is 1. The van der Waals surface area contributed by atoms with E-state index in [2.05, 4.69) is 15.5 Å². The third-order valence-electron chi connectivity index (χ3n) is 4.01. The van der Waals surface area contributed by atoms with Crippen molar-refractivity contribution in [3.8, 4) is 0 Å². The number of carboxylic acid groups (broad SMARTS) is 1. The van der Waals surface area contributed by atoms with Crippen molar-refractivity contribution in [3.05, 3.63) is 17.3 Å². The summed E-state index contributed by atoms with van der Waals surface area (Å²) < 4.78 is 0. The molecule has 0 radical (unpaired) electrons. The Hall–Kier alpha value is -1.56. The summed E-state index contributed by atoms with van der Waals surface area (Å²) in [6.07, 6.45) is 1.17. The molecule has 19 heavy (non-hydrogen) atoms. The van der Waals surface area contributed by atoms with E-state index in [0.29, 0.717) is 36.1 Å². The van der Waals surface area contributed by atoms with Gasteiger partial charge in [-0.3, -0.25) is 0 Å². The maximum atomic E-state index is 10.9. The van der Waals surface area contributed by atoms with Gasteiger partial charge in [0.05, 0.1) is 0 Å². The number of hydrogen-bond donors (Lipinski definition) is 2. The summed E-state index contributed by atoms with van der Waals surface area (Å²) in [5, 5.41) is 20.5. The van der Waals surface area contributed by atoms with E-state index < -0.39 is 6.09 Å². The van der Waals surface area contributed by atoms with E-state index in [4.69, 9.17) is 16.7 Å². The number of rotatable bonds is 2. The summed E-state index contributed by atoms with van der Waals surface area (Å²) in [6.45, 7) is 1.31. The molecule has 1 aromatic heterocycles. The summed E-state index contributed by atoms with van der Waals surface area (Å²) in [5.74, 6) is 1.66. The number of nitrogens with one attached hydrogen (secondary N) is 1. The molecule has 3 rings (SSSR count). The Morgan fingerprint density at radius 2 is 2.00 bits per heavy atom. The zero-order chi connectivity index (χ0) is 13.4. The molecule has 102 valence electrons. The van der Waals surface area contributed by atoms with Crippen LogP contribution in [0.2, 0.25) is 5.15 Å². The van der Waals surface area contributed by atoms with Crippen molar-refractivity contribution in [3.63, 3.8) is 0 Å². The Kier molecular flexibility index (Phi) is 3.18. The minimum Gasteiger partial charge on any atom is -0.465 e. The lowest BCUT2D eigenvalue weighted by molar-refractivity contribution is 0.152. The molecule has 1 aliphatic carbocycles. The number of nitrogens with zero attached hydrogens (tertiary/aromatic N) is 3. The minimum absolute atomic E-state index is 0.349. The predicted octanol–water partition coefficient (Wildman–Crippen LogP) is 1.93. The van der Waals surface area contributed by atoms with Gasteiger partial charge in [0.2, 0.25) is 0 Å². The van der Waals surface area contributed by atoms with Crippen LogP contribution in [0.4, 0.5) is 10.6 Å². The maximum Gasteiger partial charge on any atom is 0.407 e. The monoisotopic (exact) mass is 282 g/mol. The first-order valence-corrected chi connectivity index (χ1v) is 6.73. The fourth-order valence-corrected chi connectivity index (χ4v) is 3.28. The van der Waals surface area contributed by atoms with Crippen LogP contribution in [0.3, 0.4) is 0 Å². The molecule has 7 heteroatoms. The fourth-order valence-electron chi connectivity index (χ4n) is 3.18. The molecule has 3 atom stereocenters. The number of amides is 1. The highest BCUT2D eigenvalue weighted by molar-refractivity contribution is 6.29. The minimum atomic E-state index is -0.803. The summed E-state index contributed by atoms with van der Waals surface area (Å²) in [7, 11) is 0. The van der Waals surface area contributed by atoms with Gasteiger partial charge in [0.1, 0.15) is 5.82 Å². The molecule has 2 aliphatic rings. The Labute approximate surface area is 115 Å². The number of anilines is 1. The van der Waals surface area contributed by atoms with Crippen LogP contribution in [0, 0.1) is 11.8 Å². The Bertz CT molecular complexity index is 467. The third-order valence-corrected chi connectivity index (χ3v) is 4.21. The molecule has 0 aromatic carbocycles. The molecule has 6 nitrogen and oxygen atoms in total. The van der Waals surface area contributed by atoms with Crippen molar-refractivity contribution in [1.82, 2.24) is 15.1 Å². The van der Waals surface area contributed by atoms with Crippen LogP contribution in [0.25, 0.3) is 0 Å². The highest BCUT2D eigenvalue weighted by atomic mass is 35.5. The first-order valence-electron chi connectivity index (χ1n) is 6.35. The van der Waals surface area contributed by atoms with Gasteiger partial charge in [-0.05, 0) is 36.8 Å². The molecule has 1 amide bonds. The van der Waals surface area contributed by atoms with E-state index in [9.17, 15) is 4.79 Å². The molecule has 0 spiro atoms. The van der Waals surface area contributed by atoms with Crippen molar-refractivity contribution >= 4 is 23.5 Å². The maximum absolute atomic E-state index is 10.9. The number of likely N-dealkylation sites (tertiary alicyclic amines) is 1. The van der Waals surface area contributed by atoms with Gasteiger partial charge in [-0.25, -0.2) is 4.79 Å². The summed E-state index contributed by atoms with van der Waals surface area (Å²) in [6, 6.07) is 3.87. The van der Waals surface area contributed by atoms with Crippen LogP contribution in [-0.4, -0.2) is 45.4 Å². The lowest BCUT2D eigenvalue weighted by Crippen LogP contribution is -2.29. The standard InChI is InChI=1S/C12H15ClN4O2/c13-10-1-2-11(16-15-10)14-9-3-7-5-17(12(18)19)6-8(7)4-9/h1-2,7-9H,3-6H2,(H,14,16)(H,18,19)/t7-,8+,9+. The van der Waals surface area contributed by atoms with Gasteiger partial charge in [0.25, 0.3) is 0 Å². The molecule has 2 heterocycles. The molecule has 2 fully saturated rings. The highest BCUT2D eigenvalue weighted by Crippen LogP contribution is 2.39. The van der Waals surface area contributed by atoms with Crippen molar-refractivity contribution in [2.45, 2.75) is 18.9 Å². The van der Waals surface area contributed by atoms with E-state index in [1.54, 1.807) is 6.07 Å². The summed E-state index contributed by atoms with van der Waals surface area (Å²) in [4.78, 5) is 12.4. The smallest absolute Gasteiger partial charge is 0.407 e. The number of halogens is 1. The van der Waals surface area contributed by atoms with Crippen molar-refractivity contribution in [2.24, 2.45) is 11.8 Å². The molecule has 1 saturated heterocycles. The molecular weight excluding hydrogens is 268 g/mol. The first-order chi connectivity index (χ1) is 9.11. The lowest BCUT2D eigenvalue weighted by Gasteiger charge is -2.17. The second-order valence-electron chi connectivity index (χ2n) is 5.26. The quantitative estimate of drug-likeness (QED) is 0.866. The molecule has 0 unspecified atom stereocenters. The SMILES string of the molecule is O=C(O)N1C[C@H]2C[C@H](Nc3ccc(Cl)nn3)C[C@H]2C1. The average molecular weight is 283 g/mol. The molecule has 2 N–H and O–H groups in total. The Morgan fingerprint density at radius 3 is 2.53 bits per heavy atom. The second kappa shape index (κ2) is 4.85. The number of hydrogen-bond acceptors (Lipinski definition) is 4. The van der Waals surface area contributed by atoms with Crippen LogP contribution in [0.1, 0.15) is 12.8 Å². The van der Waals surface area contributed by atoms with E-state index >= 15 is 0 Å². The first kappa shape index (κ1) is 12.5. The predicted molar refractivity (Wildman–Crippen MR) is 70.3 cm³/mol. The van der Waals surface area contributed by atoms with Crippen LogP contribution in [0.15, 0.2) is 12.1 Å².